The summed E-state index contributed by atoms with van der Waals surface area (Å²) in [4.78, 5) is 0. The summed E-state index contributed by atoms with van der Waals surface area (Å²) in [5, 5.41) is 13.2. The third-order valence-electron chi connectivity index (χ3n) is 4.86. The van der Waals surface area contributed by atoms with E-state index in [-0.39, 0.29) is 0 Å². The lowest BCUT2D eigenvalue weighted by Crippen LogP contribution is -2.04. The van der Waals surface area contributed by atoms with Crippen molar-refractivity contribution in [2.75, 3.05) is 0 Å². The molecule has 0 aromatic heterocycles. The summed E-state index contributed by atoms with van der Waals surface area (Å²) < 4.78 is 0. The molecule has 0 saturated heterocycles. The first-order valence-corrected chi connectivity index (χ1v) is 9.48. The number of benzene rings is 2. The lowest BCUT2D eigenvalue weighted by molar-refractivity contribution is 0.471. The number of hydrogen-bond acceptors (Lipinski definition) is 1. The number of rotatable bonds is 9. The van der Waals surface area contributed by atoms with Crippen LogP contribution >= 0.6 is 0 Å². The van der Waals surface area contributed by atoms with E-state index >= 15 is 0 Å². The van der Waals surface area contributed by atoms with Gasteiger partial charge in [0.25, 0.3) is 0 Å². The van der Waals surface area contributed by atoms with Gasteiger partial charge in [0.1, 0.15) is 5.75 Å². The van der Waals surface area contributed by atoms with E-state index < -0.39 is 0 Å². The second kappa shape index (κ2) is 8.96. The lowest BCUT2D eigenvalue weighted by Gasteiger charge is -2.20. The van der Waals surface area contributed by atoms with Crippen LogP contribution in [0, 0.1) is 0 Å². The summed E-state index contributed by atoms with van der Waals surface area (Å²) in [5.41, 5.74) is 4.18. The first kappa shape index (κ1) is 17.8. The molecule has 1 heteroatoms. The van der Waals surface area contributed by atoms with E-state index in [1.807, 2.05) is 6.07 Å². The molecule has 2 rings (SSSR count). The van der Waals surface area contributed by atoms with Crippen LogP contribution < -0.4 is 0 Å². The minimum Gasteiger partial charge on any atom is -0.507 e. The second-order valence-corrected chi connectivity index (χ2v) is 6.64. The van der Waals surface area contributed by atoms with Gasteiger partial charge in [0.2, 0.25) is 0 Å². The molecule has 0 saturated carbocycles. The number of aryl methyl sites for hydroxylation is 1. The summed E-state index contributed by atoms with van der Waals surface area (Å²) in [6.07, 6.45) is 10.4. The van der Waals surface area contributed by atoms with Gasteiger partial charge < -0.3 is 5.11 Å². The maximum atomic E-state index is 10.9. The topological polar surface area (TPSA) is 20.2 Å². The summed E-state index contributed by atoms with van der Waals surface area (Å²) in [6.45, 7) is 6.73. The Morgan fingerprint density at radius 1 is 0.652 bits per heavy atom. The van der Waals surface area contributed by atoms with Crippen LogP contribution in [0.1, 0.15) is 76.0 Å². The standard InChI is InChI=1S/C22H32O/c1-4-7-12-17-18(13-8-5-2)20(14-9-6-3)22(23)21-16-11-10-15-19(17)21/h10-11,15-16,23H,4-9,12-14H2,1-3H3. The van der Waals surface area contributed by atoms with Gasteiger partial charge >= 0.3 is 0 Å². The van der Waals surface area contributed by atoms with Crippen molar-refractivity contribution in [1.29, 1.82) is 0 Å². The van der Waals surface area contributed by atoms with Crippen LogP contribution in [0.5, 0.6) is 5.75 Å². The van der Waals surface area contributed by atoms with Crippen molar-refractivity contribution in [2.24, 2.45) is 0 Å². The Bertz CT molecular complexity index is 627. The molecule has 0 aliphatic rings. The Morgan fingerprint density at radius 2 is 1.13 bits per heavy atom. The Hall–Kier alpha value is -1.50. The van der Waals surface area contributed by atoms with Crippen molar-refractivity contribution in [1.82, 2.24) is 0 Å². The fourth-order valence-corrected chi connectivity index (χ4v) is 3.52. The predicted molar refractivity (Wildman–Crippen MR) is 101 cm³/mol. The highest BCUT2D eigenvalue weighted by Crippen LogP contribution is 2.38. The van der Waals surface area contributed by atoms with Crippen molar-refractivity contribution in [3.63, 3.8) is 0 Å². The predicted octanol–water partition coefficient (Wildman–Crippen LogP) is 6.57. The average molecular weight is 312 g/mol. The Kier molecular flexibility index (Phi) is 6.95. The summed E-state index contributed by atoms with van der Waals surface area (Å²) in [7, 11) is 0. The Morgan fingerprint density at radius 3 is 1.70 bits per heavy atom. The van der Waals surface area contributed by atoms with E-state index in [0.29, 0.717) is 5.75 Å². The number of unbranched alkanes of at least 4 members (excludes halogenated alkanes) is 3. The van der Waals surface area contributed by atoms with E-state index in [1.54, 1.807) is 0 Å². The minimum absolute atomic E-state index is 0.542. The van der Waals surface area contributed by atoms with Crippen molar-refractivity contribution < 1.29 is 5.11 Å². The van der Waals surface area contributed by atoms with Crippen LogP contribution in [0.3, 0.4) is 0 Å². The molecular formula is C22H32O. The fraction of sp³-hybridized carbons (Fsp3) is 0.545. The molecule has 1 nitrogen and oxygen atoms in total. The molecule has 1 N–H and O–H groups in total. The van der Waals surface area contributed by atoms with Crippen molar-refractivity contribution in [3.8, 4) is 5.75 Å². The van der Waals surface area contributed by atoms with Gasteiger partial charge in [0, 0.05) is 5.39 Å². The van der Waals surface area contributed by atoms with Crippen molar-refractivity contribution in [3.05, 3.63) is 41.0 Å². The summed E-state index contributed by atoms with van der Waals surface area (Å²) in [6, 6.07) is 8.42. The van der Waals surface area contributed by atoms with Crippen molar-refractivity contribution in [2.45, 2.75) is 78.6 Å². The highest BCUT2D eigenvalue weighted by atomic mass is 16.3. The quantitative estimate of drug-likeness (QED) is 0.555. The first-order chi connectivity index (χ1) is 11.2. The average Bonchev–Trinajstić information content (AvgIpc) is 2.58. The van der Waals surface area contributed by atoms with Crippen LogP contribution in [-0.4, -0.2) is 5.11 Å². The molecule has 2 aromatic rings. The maximum absolute atomic E-state index is 10.9. The van der Waals surface area contributed by atoms with Crippen LogP contribution in [0.2, 0.25) is 0 Å². The van der Waals surface area contributed by atoms with E-state index in [1.165, 1.54) is 54.2 Å². The Balaban J connectivity index is 2.64. The molecule has 0 fully saturated rings. The molecule has 0 heterocycles. The number of aromatic hydroxyl groups is 1. The van der Waals surface area contributed by atoms with Gasteiger partial charge in [-0.25, -0.2) is 0 Å². The Labute approximate surface area is 141 Å². The second-order valence-electron chi connectivity index (χ2n) is 6.64. The van der Waals surface area contributed by atoms with E-state index in [4.69, 9.17) is 0 Å². The molecule has 0 bridgehead atoms. The van der Waals surface area contributed by atoms with Crippen molar-refractivity contribution >= 4 is 10.8 Å². The van der Waals surface area contributed by atoms with Gasteiger partial charge in [-0.15, -0.1) is 0 Å². The number of phenols is 1. The molecule has 0 amide bonds. The van der Waals surface area contributed by atoms with Crippen LogP contribution in [0.4, 0.5) is 0 Å². The molecule has 0 aliphatic heterocycles. The third kappa shape index (κ3) is 4.07. The zero-order chi connectivity index (χ0) is 16.7. The number of hydrogen-bond donors (Lipinski definition) is 1. The largest absolute Gasteiger partial charge is 0.507 e. The zero-order valence-corrected chi connectivity index (χ0v) is 15.1. The van der Waals surface area contributed by atoms with E-state index in [9.17, 15) is 5.11 Å². The number of phenolic OH excluding ortho intramolecular Hbond substituents is 1. The van der Waals surface area contributed by atoms with Gasteiger partial charge in [0.15, 0.2) is 0 Å². The third-order valence-corrected chi connectivity index (χ3v) is 4.86. The molecule has 2 aromatic carbocycles. The molecule has 126 valence electrons. The highest BCUT2D eigenvalue weighted by molar-refractivity contribution is 5.93. The smallest absolute Gasteiger partial charge is 0.126 e. The molecule has 0 unspecified atom stereocenters. The van der Waals surface area contributed by atoms with Gasteiger partial charge in [-0.05, 0) is 60.6 Å². The lowest BCUT2D eigenvalue weighted by atomic mass is 9.86. The SMILES string of the molecule is CCCCc1c(CCCC)c(CCCC)c2ccccc2c1O. The molecule has 23 heavy (non-hydrogen) atoms. The fourth-order valence-electron chi connectivity index (χ4n) is 3.52. The van der Waals surface area contributed by atoms with Crippen LogP contribution in [0.25, 0.3) is 10.8 Å². The molecule has 0 radical (unpaired) electrons. The maximum Gasteiger partial charge on any atom is 0.126 e. The molecular weight excluding hydrogens is 280 g/mol. The minimum atomic E-state index is 0.542. The zero-order valence-electron chi connectivity index (χ0n) is 15.1. The van der Waals surface area contributed by atoms with E-state index in [2.05, 4.69) is 39.0 Å². The van der Waals surface area contributed by atoms with E-state index in [0.717, 1.165) is 31.1 Å². The van der Waals surface area contributed by atoms with Crippen LogP contribution in [-0.2, 0) is 19.3 Å². The van der Waals surface area contributed by atoms with Gasteiger partial charge in [-0.3, -0.25) is 0 Å². The van der Waals surface area contributed by atoms with Crippen LogP contribution in [0.15, 0.2) is 24.3 Å². The highest BCUT2D eigenvalue weighted by Gasteiger charge is 2.17. The number of fused-ring (bicyclic) bond motifs is 1. The summed E-state index contributed by atoms with van der Waals surface area (Å²) >= 11 is 0. The molecule has 0 atom stereocenters. The van der Waals surface area contributed by atoms with Gasteiger partial charge in [-0.1, -0.05) is 64.3 Å². The molecule has 0 spiro atoms. The van der Waals surface area contributed by atoms with Gasteiger partial charge in [0.05, 0.1) is 0 Å². The summed E-state index contributed by atoms with van der Waals surface area (Å²) in [5.74, 6) is 0.542. The monoisotopic (exact) mass is 312 g/mol. The normalized spacial score (nSPS) is 11.3. The molecule has 0 aliphatic carbocycles. The first-order valence-electron chi connectivity index (χ1n) is 9.48. The van der Waals surface area contributed by atoms with Gasteiger partial charge in [-0.2, -0.15) is 0 Å².